The number of aromatic nitrogens is 1. The van der Waals surface area contributed by atoms with E-state index in [1.807, 2.05) is 24.3 Å². The van der Waals surface area contributed by atoms with E-state index in [-0.39, 0.29) is 17.2 Å². The zero-order valence-corrected chi connectivity index (χ0v) is 18.4. The second kappa shape index (κ2) is 8.64. The van der Waals surface area contributed by atoms with Crippen LogP contribution in [0.5, 0.6) is 0 Å². The second-order valence-corrected chi connectivity index (χ2v) is 9.80. The summed E-state index contributed by atoms with van der Waals surface area (Å²) >= 11 is 1.49. The van der Waals surface area contributed by atoms with E-state index in [4.69, 9.17) is 0 Å². The Kier molecular flexibility index (Phi) is 5.90. The largest absolute Gasteiger partial charge is 0.335 e. The normalized spacial score (nSPS) is 11.5. The summed E-state index contributed by atoms with van der Waals surface area (Å²) in [5.41, 5.74) is 1.25. The predicted octanol–water partition coefficient (Wildman–Crippen LogP) is 4.65. The first-order valence-corrected chi connectivity index (χ1v) is 11.7. The molecule has 0 spiro atoms. The van der Waals surface area contributed by atoms with E-state index >= 15 is 0 Å². The number of halogens is 2. The van der Waals surface area contributed by atoms with Crippen molar-refractivity contribution in [3.05, 3.63) is 88.9 Å². The quantitative estimate of drug-likeness (QED) is 0.442. The number of amides is 1. The Morgan fingerprint density at radius 2 is 1.81 bits per heavy atom. The SMILES string of the molecule is CN(Cc1nc2ccccc2s1)C(=O)c1cccc(NS(=O)(=O)c2ccc(F)c(F)c2)c1. The topological polar surface area (TPSA) is 79.4 Å². The van der Waals surface area contributed by atoms with Gasteiger partial charge >= 0.3 is 0 Å². The average Bonchev–Trinajstić information content (AvgIpc) is 3.17. The number of nitrogens with one attached hydrogen (secondary N) is 1. The van der Waals surface area contributed by atoms with Crippen molar-refractivity contribution < 1.29 is 22.0 Å². The Morgan fingerprint density at radius 3 is 2.56 bits per heavy atom. The molecule has 0 atom stereocenters. The number of carbonyl (C=O) groups excluding carboxylic acids is 1. The molecule has 10 heteroatoms. The molecule has 1 N–H and O–H groups in total. The molecule has 0 unspecified atom stereocenters. The van der Waals surface area contributed by atoms with Crippen LogP contribution in [0.25, 0.3) is 10.2 Å². The molecule has 4 aromatic rings. The van der Waals surface area contributed by atoms with E-state index in [1.165, 1.54) is 34.4 Å². The summed E-state index contributed by atoms with van der Waals surface area (Å²) in [6, 6.07) is 15.9. The van der Waals surface area contributed by atoms with Gasteiger partial charge in [-0.15, -0.1) is 11.3 Å². The fraction of sp³-hybridized carbons (Fsp3) is 0.0909. The molecule has 32 heavy (non-hydrogen) atoms. The minimum absolute atomic E-state index is 0.119. The van der Waals surface area contributed by atoms with Gasteiger partial charge in [-0.3, -0.25) is 9.52 Å². The van der Waals surface area contributed by atoms with Gasteiger partial charge in [-0.25, -0.2) is 22.2 Å². The van der Waals surface area contributed by atoms with Crippen molar-refractivity contribution in [3.63, 3.8) is 0 Å². The first-order valence-electron chi connectivity index (χ1n) is 9.41. The lowest BCUT2D eigenvalue weighted by Gasteiger charge is -2.16. The Hall–Kier alpha value is -3.37. The first-order chi connectivity index (χ1) is 15.2. The van der Waals surface area contributed by atoms with Crippen molar-refractivity contribution in [1.82, 2.24) is 9.88 Å². The van der Waals surface area contributed by atoms with E-state index in [1.54, 1.807) is 13.1 Å². The highest BCUT2D eigenvalue weighted by molar-refractivity contribution is 7.92. The molecule has 6 nitrogen and oxygen atoms in total. The Bertz CT molecular complexity index is 1390. The van der Waals surface area contributed by atoms with Gasteiger partial charge in [-0.05, 0) is 48.5 Å². The summed E-state index contributed by atoms with van der Waals surface area (Å²) in [5.74, 6) is -2.74. The van der Waals surface area contributed by atoms with Crippen molar-refractivity contribution >= 4 is 43.2 Å². The van der Waals surface area contributed by atoms with Crippen molar-refractivity contribution in [2.24, 2.45) is 0 Å². The van der Waals surface area contributed by atoms with Crippen LogP contribution in [-0.2, 0) is 16.6 Å². The standard InChI is InChI=1S/C22H17F2N3O3S2/c1-27(13-21-25-19-7-2-3-8-20(19)31-21)22(28)14-5-4-6-15(11-14)26-32(29,30)16-9-10-17(23)18(24)12-16/h2-12,26H,13H2,1H3. The van der Waals surface area contributed by atoms with Crippen LogP contribution < -0.4 is 4.72 Å². The average molecular weight is 474 g/mol. The van der Waals surface area contributed by atoms with Crippen LogP contribution in [0.4, 0.5) is 14.5 Å². The summed E-state index contributed by atoms with van der Waals surface area (Å²) in [7, 11) is -2.54. The molecule has 0 saturated heterocycles. The maximum absolute atomic E-state index is 13.4. The molecule has 0 radical (unpaired) electrons. The van der Waals surface area contributed by atoms with E-state index in [0.717, 1.165) is 27.4 Å². The highest BCUT2D eigenvalue weighted by atomic mass is 32.2. The zero-order valence-electron chi connectivity index (χ0n) is 16.7. The number of rotatable bonds is 6. The number of hydrogen-bond donors (Lipinski definition) is 1. The summed E-state index contributed by atoms with van der Waals surface area (Å²) < 4.78 is 54.9. The molecule has 3 aromatic carbocycles. The summed E-state index contributed by atoms with van der Waals surface area (Å²) in [4.78, 5) is 18.4. The van der Waals surface area contributed by atoms with Crippen LogP contribution in [0.3, 0.4) is 0 Å². The van der Waals surface area contributed by atoms with Crippen molar-refractivity contribution in [1.29, 1.82) is 0 Å². The predicted molar refractivity (Wildman–Crippen MR) is 119 cm³/mol. The third-order valence-electron chi connectivity index (χ3n) is 4.62. The third kappa shape index (κ3) is 4.61. The number of benzene rings is 3. The van der Waals surface area contributed by atoms with Crippen LogP contribution in [0.15, 0.2) is 71.6 Å². The molecule has 1 heterocycles. The molecule has 1 aromatic heterocycles. The van der Waals surface area contributed by atoms with Crippen LogP contribution in [0.2, 0.25) is 0 Å². The summed E-state index contributed by atoms with van der Waals surface area (Å²) in [6.45, 7) is 0.295. The van der Waals surface area contributed by atoms with Gasteiger partial charge in [0.2, 0.25) is 0 Å². The molecular formula is C22H17F2N3O3S2. The van der Waals surface area contributed by atoms with Gasteiger partial charge < -0.3 is 4.90 Å². The Morgan fingerprint density at radius 1 is 1.03 bits per heavy atom. The first kappa shape index (κ1) is 21.8. The molecule has 1 amide bonds. The number of thiazole rings is 1. The molecule has 0 fully saturated rings. The number of anilines is 1. The van der Waals surface area contributed by atoms with E-state index in [9.17, 15) is 22.0 Å². The fourth-order valence-corrected chi connectivity index (χ4v) is 5.14. The molecule has 0 aliphatic rings. The lowest BCUT2D eigenvalue weighted by atomic mass is 10.2. The second-order valence-electron chi connectivity index (χ2n) is 7.00. The molecule has 0 bridgehead atoms. The summed E-state index contributed by atoms with van der Waals surface area (Å²) in [6.07, 6.45) is 0. The lowest BCUT2D eigenvalue weighted by Crippen LogP contribution is -2.26. The minimum atomic E-state index is -4.17. The monoisotopic (exact) mass is 473 g/mol. The van der Waals surface area contributed by atoms with Crippen molar-refractivity contribution in [2.45, 2.75) is 11.4 Å². The third-order valence-corrected chi connectivity index (χ3v) is 7.02. The molecule has 0 aliphatic heterocycles. The maximum atomic E-state index is 13.4. The fourth-order valence-electron chi connectivity index (χ4n) is 3.06. The number of fused-ring (bicyclic) bond motifs is 1. The van der Waals surface area contributed by atoms with E-state index in [0.29, 0.717) is 12.6 Å². The lowest BCUT2D eigenvalue weighted by molar-refractivity contribution is 0.0785. The Labute approximate surface area is 187 Å². The molecule has 0 aliphatic carbocycles. The minimum Gasteiger partial charge on any atom is -0.335 e. The van der Waals surface area contributed by atoms with Gasteiger partial charge in [-0.1, -0.05) is 18.2 Å². The van der Waals surface area contributed by atoms with Gasteiger partial charge in [0.25, 0.3) is 15.9 Å². The van der Waals surface area contributed by atoms with Gasteiger partial charge in [0.15, 0.2) is 11.6 Å². The number of carbonyl (C=O) groups is 1. The van der Waals surface area contributed by atoms with Gasteiger partial charge in [0.05, 0.1) is 21.7 Å². The number of nitrogens with zero attached hydrogens (tertiary/aromatic N) is 2. The number of hydrogen-bond acceptors (Lipinski definition) is 5. The smallest absolute Gasteiger partial charge is 0.261 e. The number of sulfonamides is 1. The van der Waals surface area contributed by atoms with Crippen LogP contribution >= 0.6 is 11.3 Å². The van der Waals surface area contributed by atoms with Crippen molar-refractivity contribution in [2.75, 3.05) is 11.8 Å². The highest BCUT2D eigenvalue weighted by Crippen LogP contribution is 2.24. The zero-order chi connectivity index (χ0) is 22.9. The van der Waals surface area contributed by atoms with Gasteiger partial charge in [-0.2, -0.15) is 0 Å². The molecule has 0 saturated carbocycles. The maximum Gasteiger partial charge on any atom is 0.261 e. The van der Waals surface area contributed by atoms with Crippen LogP contribution in [0, 0.1) is 11.6 Å². The van der Waals surface area contributed by atoms with E-state index < -0.39 is 26.6 Å². The summed E-state index contributed by atoms with van der Waals surface area (Å²) in [5, 5.41) is 0.775. The molecule has 4 rings (SSSR count). The Balaban J connectivity index is 1.51. The molecule has 164 valence electrons. The van der Waals surface area contributed by atoms with Crippen molar-refractivity contribution in [3.8, 4) is 0 Å². The van der Waals surface area contributed by atoms with Gasteiger partial charge in [0, 0.05) is 18.3 Å². The number of para-hydroxylation sites is 1. The van der Waals surface area contributed by atoms with E-state index in [2.05, 4.69) is 9.71 Å². The molecular weight excluding hydrogens is 456 g/mol. The van der Waals surface area contributed by atoms with Crippen LogP contribution in [-0.4, -0.2) is 31.3 Å². The van der Waals surface area contributed by atoms with Crippen LogP contribution in [0.1, 0.15) is 15.4 Å². The highest BCUT2D eigenvalue weighted by Gasteiger charge is 2.19. The van der Waals surface area contributed by atoms with Gasteiger partial charge in [0.1, 0.15) is 5.01 Å².